The van der Waals surface area contributed by atoms with Gasteiger partial charge < -0.3 is 24.3 Å². The third-order valence-electron chi connectivity index (χ3n) is 2.46. The maximum Gasteiger partial charge on any atom is 0.407 e. The highest BCUT2D eigenvalue weighted by molar-refractivity contribution is 5.72. The van der Waals surface area contributed by atoms with Crippen molar-refractivity contribution in [2.75, 3.05) is 33.0 Å². The van der Waals surface area contributed by atoms with E-state index in [9.17, 15) is 9.59 Å². The molecular formula is C17H33NO6. The van der Waals surface area contributed by atoms with Gasteiger partial charge in [-0.2, -0.15) is 0 Å². The van der Waals surface area contributed by atoms with Crippen LogP contribution in [0.25, 0.3) is 0 Å². The number of amides is 1. The van der Waals surface area contributed by atoms with E-state index in [0.717, 1.165) is 0 Å². The molecule has 0 aromatic rings. The quantitative estimate of drug-likeness (QED) is 0.510. The second-order valence-corrected chi connectivity index (χ2v) is 7.55. The summed E-state index contributed by atoms with van der Waals surface area (Å²) in [5.74, 6) is -0.594. The summed E-state index contributed by atoms with van der Waals surface area (Å²) in [5.41, 5.74) is -1.00. The van der Waals surface area contributed by atoms with Gasteiger partial charge >= 0.3 is 12.1 Å². The van der Waals surface area contributed by atoms with E-state index in [1.165, 1.54) is 0 Å². The van der Waals surface area contributed by atoms with E-state index < -0.39 is 17.3 Å². The number of hydrogen-bond donors (Lipinski definition) is 1. The zero-order valence-electron chi connectivity index (χ0n) is 16.1. The van der Waals surface area contributed by atoms with E-state index in [2.05, 4.69) is 5.32 Å². The summed E-state index contributed by atoms with van der Waals surface area (Å²) in [4.78, 5) is 23.1. The Morgan fingerprint density at radius 1 is 0.875 bits per heavy atom. The standard InChI is InChI=1S/C17H33NO6/c1-13(14(19)23-16(2,3)4)12-22-11-10-21-9-8-18-15(20)24-17(5,6)7/h13H,8-12H2,1-7H3,(H,18,20). The van der Waals surface area contributed by atoms with Gasteiger partial charge in [-0.3, -0.25) is 4.79 Å². The average Bonchev–Trinajstić information content (AvgIpc) is 2.37. The topological polar surface area (TPSA) is 83.1 Å². The molecule has 0 heterocycles. The number of esters is 1. The molecule has 0 aliphatic carbocycles. The van der Waals surface area contributed by atoms with Gasteiger partial charge in [0.1, 0.15) is 11.2 Å². The van der Waals surface area contributed by atoms with E-state index in [1.807, 2.05) is 20.8 Å². The number of carbonyl (C=O) groups is 2. The van der Waals surface area contributed by atoms with Gasteiger partial charge in [-0.05, 0) is 48.5 Å². The van der Waals surface area contributed by atoms with Crippen molar-refractivity contribution in [2.45, 2.75) is 59.7 Å². The van der Waals surface area contributed by atoms with Gasteiger partial charge in [0.05, 0.1) is 32.3 Å². The van der Waals surface area contributed by atoms with Crippen LogP contribution in [0.5, 0.6) is 0 Å². The van der Waals surface area contributed by atoms with E-state index in [-0.39, 0.29) is 18.5 Å². The summed E-state index contributed by atoms with van der Waals surface area (Å²) < 4.78 is 21.1. The van der Waals surface area contributed by atoms with Crippen LogP contribution in [0.2, 0.25) is 0 Å². The molecule has 0 aromatic heterocycles. The van der Waals surface area contributed by atoms with Crippen molar-refractivity contribution in [1.29, 1.82) is 0 Å². The predicted octanol–water partition coefficient (Wildman–Crippen LogP) is 2.52. The molecule has 7 heteroatoms. The van der Waals surface area contributed by atoms with E-state index >= 15 is 0 Å². The van der Waals surface area contributed by atoms with Crippen molar-refractivity contribution < 1.29 is 28.5 Å². The number of alkyl carbamates (subject to hydrolysis) is 1. The van der Waals surface area contributed by atoms with Crippen LogP contribution in [0.4, 0.5) is 4.79 Å². The molecule has 24 heavy (non-hydrogen) atoms. The number of ether oxygens (including phenoxy) is 4. The number of hydrogen-bond acceptors (Lipinski definition) is 6. The summed E-state index contributed by atoms with van der Waals surface area (Å²) in [6, 6.07) is 0. The van der Waals surface area contributed by atoms with Crippen molar-refractivity contribution in [3.8, 4) is 0 Å². The van der Waals surface area contributed by atoms with Crippen molar-refractivity contribution in [2.24, 2.45) is 5.92 Å². The van der Waals surface area contributed by atoms with E-state index in [0.29, 0.717) is 26.4 Å². The minimum absolute atomic E-state index is 0.273. The molecule has 0 rings (SSSR count). The lowest BCUT2D eigenvalue weighted by atomic mass is 10.1. The molecule has 1 atom stereocenters. The Morgan fingerprint density at radius 2 is 1.42 bits per heavy atom. The molecule has 0 radical (unpaired) electrons. The van der Waals surface area contributed by atoms with Gasteiger partial charge in [0, 0.05) is 6.54 Å². The summed E-state index contributed by atoms with van der Waals surface area (Å²) in [6.45, 7) is 14.4. The van der Waals surface area contributed by atoms with Gasteiger partial charge in [0.25, 0.3) is 0 Å². The fraction of sp³-hybridized carbons (Fsp3) is 0.882. The molecule has 0 aromatic carbocycles. The Bertz CT molecular complexity index is 384. The van der Waals surface area contributed by atoms with Crippen LogP contribution < -0.4 is 5.32 Å². The highest BCUT2D eigenvalue weighted by atomic mass is 16.6. The van der Waals surface area contributed by atoms with Crippen LogP contribution in [-0.2, 0) is 23.7 Å². The van der Waals surface area contributed by atoms with E-state index in [1.54, 1.807) is 27.7 Å². The first-order chi connectivity index (χ1) is 10.9. The zero-order valence-corrected chi connectivity index (χ0v) is 16.1. The Hall–Kier alpha value is -1.34. The number of nitrogens with one attached hydrogen (secondary N) is 1. The summed E-state index contributed by atoms with van der Waals surface area (Å²) >= 11 is 0. The fourth-order valence-corrected chi connectivity index (χ4v) is 1.49. The van der Waals surface area contributed by atoms with Crippen LogP contribution in [0.1, 0.15) is 48.5 Å². The molecular weight excluding hydrogens is 314 g/mol. The normalized spacial score (nSPS) is 13.3. The Morgan fingerprint density at radius 3 is 1.96 bits per heavy atom. The van der Waals surface area contributed by atoms with Gasteiger partial charge in [-0.25, -0.2) is 4.79 Å². The predicted molar refractivity (Wildman–Crippen MR) is 90.9 cm³/mol. The molecule has 0 saturated heterocycles. The van der Waals surface area contributed by atoms with Crippen molar-refractivity contribution in [3.63, 3.8) is 0 Å². The van der Waals surface area contributed by atoms with Crippen LogP contribution in [0.15, 0.2) is 0 Å². The molecule has 0 fully saturated rings. The molecule has 0 aliphatic rings. The van der Waals surface area contributed by atoms with Gasteiger partial charge in [0.2, 0.25) is 0 Å². The second-order valence-electron chi connectivity index (χ2n) is 7.55. The van der Waals surface area contributed by atoms with Gasteiger partial charge in [-0.1, -0.05) is 0 Å². The minimum Gasteiger partial charge on any atom is -0.460 e. The van der Waals surface area contributed by atoms with Gasteiger partial charge in [0.15, 0.2) is 0 Å². The fourth-order valence-electron chi connectivity index (χ4n) is 1.49. The second kappa shape index (κ2) is 10.5. The summed E-state index contributed by atoms with van der Waals surface area (Å²) in [6.07, 6.45) is -0.464. The molecule has 1 amide bonds. The SMILES string of the molecule is CC(COCCOCCNC(=O)OC(C)(C)C)C(=O)OC(C)(C)C. The highest BCUT2D eigenvalue weighted by Gasteiger charge is 2.21. The molecule has 1 N–H and O–H groups in total. The van der Waals surface area contributed by atoms with Crippen LogP contribution in [0.3, 0.4) is 0 Å². The Balaban J connectivity index is 3.58. The lowest BCUT2D eigenvalue weighted by Crippen LogP contribution is -2.34. The molecule has 0 bridgehead atoms. The van der Waals surface area contributed by atoms with Crippen LogP contribution in [-0.4, -0.2) is 56.2 Å². The monoisotopic (exact) mass is 347 g/mol. The molecule has 142 valence electrons. The Labute approximate surface area is 145 Å². The molecule has 0 spiro atoms. The third kappa shape index (κ3) is 14.3. The smallest absolute Gasteiger partial charge is 0.407 e. The summed E-state index contributed by atoms with van der Waals surface area (Å²) in [5, 5.41) is 2.60. The highest BCUT2D eigenvalue weighted by Crippen LogP contribution is 2.11. The van der Waals surface area contributed by atoms with E-state index in [4.69, 9.17) is 18.9 Å². The van der Waals surface area contributed by atoms with Crippen molar-refractivity contribution >= 4 is 12.1 Å². The summed E-state index contributed by atoms with van der Waals surface area (Å²) in [7, 11) is 0. The number of rotatable bonds is 9. The maximum atomic E-state index is 11.7. The van der Waals surface area contributed by atoms with Crippen LogP contribution in [0, 0.1) is 5.92 Å². The van der Waals surface area contributed by atoms with Crippen LogP contribution >= 0.6 is 0 Å². The maximum absolute atomic E-state index is 11.7. The van der Waals surface area contributed by atoms with Crippen molar-refractivity contribution in [1.82, 2.24) is 5.32 Å². The first-order valence-corrected chi connectivity index (χ1v) is 8.26. The lowest BCUT2D eigenvalue weighted by Gasteiger charge is -2.22. The molecule has 7 nitrogen and oxygen atoms in total. The number of carbonyl (C=O) groups excluding carboxylic acids is 2. The average molecular weight is 347 g/mol. The zero-order chi connectivity index (χ0) is 18.8. The van der Waals surface area contributed by atoms with Crippen molar-refractivity contribution in [3.05, 3.63) is 0 Å². The third-order valence-corrected chi connectivity index (χ3v) is 2.46. The Kier molecular flexibility index (Phi) is 9.92. The minimum atomic E-state index is -0.510. The largest absolute Gasteiger partial charge is 0.460 e. The first kappa shape index (κ1) is 22.7. The molecule has 0 saturated carbocycles. The molecule has 0 aliphatic heterocycles. The lowest BCUT2D eigenvalue weighted by molar-refractivity contribution is -0.161. The van der Waals surface area contributed by atoms with Gasteiger partial charge in [-0.15, -0.1) is 0 Å². The molecule has 1 unspecified atom stereocenters. The first-order valence-electron chi connectivity index (χ1n) is 8.26.